The second-order valence-electron chi connectivity index (χ2n) is 2.49. The lowest BCUT2D eigenvalue weighted by Crippen LogP contribution is -2.14. The maximum absolute atomic E-state index is 12.4. The minimum atomic E-state index is -4.01. The van der Waals surface area contributed by atoms with Crippen LogP contribution in [0.5, 0.6) is 0 Å². The normalized spacial score (nSPS) is 12.1. The van der Waals surface area contributed by atoms with Gasteiger partial charge in [0, 0.05) is 4.47 Å². The van der Waals surface area contributed by atoms with Crippen LogP contribution >= 0.6 is 31.9 Å². The molecule has 15 heavy (non-hydrogen) atoms. The van der Waals surface area contributed by atoms with Gasteiger partial charge in [0.05, 0.1) is 5.56 Å². The first-order valence-electron chi connectivity index (χ1n) is 3.40. The molecule has 0 fully saturated rings. The van der Waals surface area contributed by atoms with E-state index >= 15 is 0 Å². The van der Waals surface area contributed by atoms with E-state index in [-0.39, 0.29) is 9.08 Å². The summed E-state index contributed by atoms with van der Waals surface area (Å²) in [7, 11) is -4.01. The highest BCUT2D eigenvalue weighted by molar-refractivity contribution is 9.11. The van der Waals surface area contributed by atoms with Crippen molar-refractivity contribution in [3.8, 4) is 0 Å². The van der Waals surface area contributed by atoms with Gasteiger partial charge in [-0.1, -0.05) is 15.9 Å². The predicted molar refractivity (Wildman–Crippen MR) is 56.0 cm³/mol. The number of sulfonamides is 1. The summed E-state index contributed by atoms with van der Waals surface area (Å²) in [5, 5.41) is 4.32. The molecule has 0 radical (unpaired) electrons. The molecule has 0 spiro atoms. The largest absolute Gasteiger partial charge is 0.267 e. The van der Waals surface area contributed by atoms with Crippen molar-refractivity contribution in [1.82, 2.24) is 4.98 Å². The second-order valence-corrected chi connectivity index (χ2v) is 5.61. The Morgan fingerprint density at radius 3 is 2.27 bits per heavy atom. The molecule has 0 atom stereocenters. The number of hydrogen-bond donors (Lipinski definition) is 1. The van der Waals surface area contributed by atoms with E-state index in [0.717, 1.165) is 6.07 Å². The van der Waals surface area contributed by atoms with E-state index in [1.807, 2.05) is 0 Å². The van der Waals surface area contributed by atoms with Crippen LogP contribution in [0, 0.1) is 0 Å². The van der Waals surface area contributed by atoms with Gasteiger partial charge >= 0.3 is 0 Å². The zero-order valence-corrected chi connectivity index (χ0v) is 10.9. The third kappa shape index (κ3) is 2.92. The number of nitrogens with two attached hydrogens (primary N) is 1. The van der Waals surface area contributed by atoms with E-state index in [1.54, 1.807) is 0 Å². The van der Waals surface area contributed by atoms with Crippen molar-refractivity contribution < 1.29 is 17.2 Å². The van der Waals surface area contributed by atoms with Crippen LogP contribution in [0.1, 0.15) is 12.0 Å². The van der Waals surface area contributed by atoms with Crippen molar-refractivity contribution >= 4 is 41.9 Å². The monoisotopic (exact) mass is 364 g/mol. The lowest BCUT2D eigenvalue weighted by molar-refractivity contribution is 0.149. The van der Waals surface area contributed by atoms with Crippen LogP contribution < -0.4 is 5.14 Å². The van der Waals surface area contributed by atoms with Crippen LogP contribution in [0.2, 0.25) is 0 Å². The molecule has 2 N–H and O–H groups in total. The highest BCUT2D eigenvalue weighted by Gasteiger charge is 2.21. The maximum atomic E-state index is 12.4. The molecule has 0 aromatic carbocycles. The molecule has 0 aliphatic heterocycles. The number of hydrogen-bond acceptors (Lipinski definition) is 3. The maximum Gasteiger partial charge on any atom is 0.267 e. The highest BCUT2D eigenvalue weighted by Crippen LogP contribution is 2.33. The summed E-state index contributed by atoms with van der Waals surface area (Å²) in [6.45, 7) is 0. The number of rotatable bonds is 2. The fourth-order valence-electron chi connectivity index (χ4n) is 0.814. The number of aromatic nitrogens is 1. The molecule has 84 valence electrons. The Kier molecular flexibility index (Phi) is 3.80. The van der Waals surface area contributed by atoms with E-state index in [0.29, 0.717) is 0 Å². The smallest absolute Gasteiger partial charge is 0.227 e. The van der Waals surface area contributed by atoms with Crippen LogP contribution in [0.3, 0.4) is 0 Å². The van der Waals surface area contributed by atoms with Gasteiger partial charge in [0.25, 0.3) is 16.4 Å². The van der Waals surface area contributed by atoms with Crippen LogP contribution in [0.15, 0.2) is 20.2 Å². The van der Waals surface area contributed by atoms with Crippen molar-refractivity contribution in [3.05, 3.63) is 20.7 Å². The van der Waals surface area contributed by atoms with Crippen LogP contribution in [-0.2, 0) is 10.0 Å². The zero-order valence-electron chi connectivity index (χ0n) is 6.92. The summed E-state index contributed by atoms with van der Waals surface area (Å²) in [4.78, 5) is 3.42. The van der Waals surface area contributed by atoms with E-state index in [9.17, 15) is 17.2 Å². The van der Waals surface area contributed by atoms with Crippen molar-refractivity contribution in [1.29, 1.82) is 0 Å². The molecule has 0 bridgehead atoms. The summed E-state index contributed by atoms with van der Waals surface area (Å²) >= 11 is 5.57. The Bertz CT molecular complexity index is 469. The summed E-state index contributed by atoms with van der Waals surface area (Å²) in [5.41, 5.74) is -0.414. The van der Waals surface area contributed by atoms with Crippen molar-refractivity contribution in [2.24, 2.45) is 5.14 Å². The first-order chi connectivity index (χ1) is 6.73. The van der Waals surface area contributed by atoms with Gasteiger partial charge in [-0.3, -0.25) is 0 Å². The van der Waals surface area contributed by atoms with E-state index in [2.05, 4.69) is 36.8 Å². The molecule has 1 aromatic rings. The van der Waals surface area contributed by atoms with Gasteiger partial charge in [0.2, 0.25) is 0 Å². The van der Waals surface area contributed by atoms with Crippen LogP contribution in [0.4, 0.5) is 8.78 Å². The van der Waals surface area contributed by atoms with Crippen LogP contribution in [-0.4, -0.2) is 13.4 Å². The third-order valence-electron chi connectivity index (χ3n) is 1.45. The van der Waals surface area contributed by atoms with Gasteiger partial charge in [0.1, 0.15) is 4.60 Å². The van der Waals surface area contributed by atoms with Gasteiger partial charge in [-0.05, 0) is 22.0 Å². The SMILES string of the molecule is NS(=O)(=O)c1cc(Br)c(C(F)F)c(Br)n1. The summed E-state index contributed by atoms with van der Waals surface area (Å²) < 4.78 is 46.4. The summed E-state index contributed by atoms with van der Waals surface area (Å²) in [6, 6.07) is 0.932. The Hall–Kier alpha value is -0.120. The molecular weight excluding hydrogens is 362 g/mol. The molecule has 4 nitrogen and oxygen atoms in total. The zero-order chi connectivity index (χ0) is 11.8. The first-order valence-corrected chi connectivity index (χ1v) is 6.53. The van der Waals surface area contributed by atoms with E-state index in [1.165, 1.54) is 0 Å². The van der Waals surface area contributed by atoms with Crippen molar-refractivity contribution in [2.75, 3.05) is 0 Å². The van der Waals surface area contributed by atoms with Gasteiger partial charge in [-0.25, -0.2) is 27.3 Å². The van der Waals surface area contributed by atoms with Gasteiger partial charge in [-0.15, -0.1) is 0 Å². The number of alkyl halides is 2. The van der Waals surface area contributed by atoms with Gasteiger partial charge < -0.3 is 0 Å². The van der Waals surface area contributed by atoms with E-state index in [4.69, 9.17) is 5.14 Å². The second kappa shape index (κ2) is 4.40. The minimum absolute atomic E-state index is 0.0663. The number of pyridine rings is 1. The molecule has 1 rings (SSSR count). The number of halogens is 4. The molecular formula is C6H4Br2F2N2O2S. The number of nitrogens with zero attached hydrogens (tertiary/aromatic N) is 1. The molecule has 0 unspecified atom stereocenters. The minimum Gasteiger partial charge on any atom is -0.227 e. The molecule has 1 heterocycles. The molecule has 0 saturated carbocycles. The topological polar surface area (TPSA) is 73.1 Å². The fraction of sp³-hybridized carbons (Fsp3) is 0.167. The summed E-state index contributed by atoms with van der Waals surface area (Å²) in [6.07, 6.45) is -2.77. The summed E-state index contributed by atoms with van der Waals surface area (Å²) in [5.74, 6) is 0. The lowest BCUT2D eigenvalue weighted by atomic mass is 10.3. The van der Waals surface area contributed by atoms with Crippen molar-refractivity contribution in [2.45, 2.75) is 11.5 Å². The average Bonchev–Trinajstić information content (AvgIpc) is 1.99. The molecule has 0 aliphatic carbocycles. The Labute approximate surface area is 101 Å². The first kappa shape index (κ1) is 12.9. The molecule has 9 heteroatoms. The molecule has 0 amide bonds. The van der Waals surface area contributed by atoms with Gasteiger partial charge in [0.15, 0.2) is 5.03 Å². The molecule has 0 aliphatic rings. The van der Waals surface area contributed by atoms with Gasteiger partial charge in [-0.2, -0.15) is 0 Å². The standard InChI is InChI=1S/C6H4Br2F2N2O2S/c7-2-1-3(15(11,13)14)12-5(8)4(2)6(9)10/h1,6H,(H2,11,13,14). The van der Waals surface area contributed by atoms with E-state index < -0.39 is 27.0 Å². The Morgan fingerprint density at radius 1 is 1.40 bits per heavy atom. The van der Waals surface area contributed by atoms with Crippen LogP contribution in [0.25, 0.3) is 0 Å². The molecule has 1 aromatic heterocycles. The third-order valence-corrected chi connectivity index (χ3v) is 3.50. The Morgan fingerprint density at radius 2 is 1.93 bits per heavy atom. The number of primary sulfonamides is 1. The van der Waals surface area contributed by atoms with Crippen molar-refractivity contribution in [3.63, 3.8) is 0 Å². The highest BCUT2D eigenvalue weighted by atomic mass is 79.9. The fourth-order valence-corrected chi connectivity index (χ4v) is 3.00. The Balaban J connectivity index is 3.45. The lowest BCUT2D eigenvalue weighted by Gasteiger charge is -2.07. The average molecular weight is 366 g/mol. The quantitative estimate of drug-likeness (QED) is 0.816. The predicted octanol–water partition coefficient (Wildman–Crippen LogP) is 2.19. The molecule has 0 saturated heterocycles.